The van der Waals surface area contributed by atoms with E-state index in [-0.39, 0.29) is 6.04 Å². The van der Waals surface area contributed by atoms with Crippen molar-refractivity contribution in [3.05, 3.63) is 18.2 Å². The van der Waals surface area contributed by atoms with Crippen molar-refractivity contribution in [3.63, 3.8) is 0 Å². The van der Waals surface area contributed by atoms with Crippen LogP contribution >= 0.6 is 0 Å². The van der Waals surface area contributed by atoms with Crippen molar-refractivity contribution in [3.8, 4) is 5.75 Å². The number of hydrogen-bond acceptors (Lipinski definition) is 4. The molecule has 1 unspecified atom stereocenters. The molecule has 0 saturated carbocycles. The van der Waals surface area contributed by atoms with Gasteiger partial charge in [0, 0.05) is 25.8 Å². The lowest BCUT2D eigenvalue weighted by Gasteiger charge is -2.31. The van der Waals surface area contributed by atoms with Gasteiger partial charge < -0.3 is 20.1 Å². The number of nitrogens with two attached hydrogens (primary N) is 1. The number of rotatable bonds is 6. The Morgan fingerprint density at radius 1 is 1.35 bits per heavy atom. The molecule has 0 saturated heterocycles. The maximum absolute atomic E-state index is 6.02. The number of hydrogen-bond donors (Lipinski definition) is 1. The summed E-state index contributed by atoms with van der Waals surface area (Å²) < 4.78 is 10.4. The van der Waals surface area contributed by atoms with Gasteiger partial charge in [0.15, 0.2) is 0 Å². The van der Waals surface area contributed by atoms with Gasteiger partial charge in [-0.25, -0.2) is 0 Å². The Hall–Kier alpha value is -1.42. The summed E-state index contributed by atoms with van der Waals surface area (Å²) in [5.41, 5.74) is 7.77. The molecule has 4 heteroatoms. The molecule has 1 rings (SSSR count). The highest BCUT2D eigenvalue weighted by Gasteiger charge is 2.15. The Labute approximate surface area is 103 Å². The van der Waals surface area contributed by atoms with Crippen LogP contribution in [0.2, 0.25) is 0 Å². The summed E-state index contributed by atoms with van der Waals surface area (Å²) in [5.74, 6) is 0.817. The van der Waals surface area contributed by atoms with Crippen LogP contribution in [-0.2, 0) is 4.74 Å². The number of nitrogens with zero attached hydrogens (tertiary/aromatic N) is 1. The lowest BCUT2D eigenvalue weighted by atomic mass is 10.2. The number of nitrogen functional groups attached to an aromatic ring is 1. The molecular weight excluding hydrogens is 216 g/mol. The fraction of sp³-hybridized carbons (Fsp3) is 0.538. The van der Waals surface area contributed by atoms with Crippen LogP contribution in [0.15, 0.2) is 18.2 Å². The molecular formula is C13H22N2O2. The molecule has 0 aliphatic carbocycles. The summed E-state index contributed by atoms with van der Waals surface area (Å²) in [6.45, 7) is 5.77. The van der Waals surface area contributed by atoms with Gasteiger partial charge in [-0.3, -0.25) is 0 Å². The number of methoxy groups -OCH3 is 2. The topological polar surface area (TPSA) is 47.7 Å². The molecule has 4 nitrogen and oxygen atoms in total. The van der Waals surface area contributed by atoms with Crippen molar-refractivity contribution in [1.82, 2.24) is 0 Å². The zero-order valence-corrected chi connectivity index (χ0v) is 11.1. The van der Waals surface area contributed by atoms with Crippen molar-refractivity contribution < 1.29 is 9.47 Å². The number of benzene rings is 1. The molecule has 0 fully saturated rings. The van der Waals surface area contributed by atoms with Crippen LogP contribution in [0.4, 0.5) is 11.4 Å². The molecule has 0 bridgehead atoms. The van der Waals surface area contributed by atoms with E-state index in [0.29, 0.717) is 6.61 Å². The molecule has 0 aliphatic rings. The van der Waals surface area contributed by atoms with E-state index in [1.54, 1.807) is 14.2 Å². The summed E-state index contributed by atoms with van der Waals surface area (Å²) in [4.78, 5) is 2.21. The van der Waals surface area contributed by atoms with Crippen LogP contribution in [0.3, 0.4) is 0 Å². The van der Waals surface area contributed by atoms with Gasteiger partial charge in [-0.1, -0.05) is 0 Å². The lowest BCUT2D eigenvalue weighted by molar-refractivity contribution is 0.182. The Bertz CT molecular complexity index is 355. The van der Waals surface area contributed by atoms with Crippen molar-refractivity contribution in [2.75, 3.05) is 38.0 Å². The first-order chi connectivity index (χ1) is 8.13. The molecule has 1 aromatic carbocycles. The average molecular weight is 238 g/mol. The summed E-state index contributed by atoms with van der Waals surface area (Å²) in [6, 6.07) is 5.98. The first kappa shape index (κ1) is 13.6. The second kappa shape index (κ2) is 6.35. The fourth-order valence-corrected chi connectivity index (χ4v) is 1.95. The summed E-state index contributed by atoms with van der Waals surface area (Å²) in [7, 11) is 3.36. The van der Waals surface area contributed by atoms with Gasteiger partial charge in [0.1, 0.15) is 5.75 Å². The first-order valence-corrected chi connectivity index (χ1v) is 5.83. The van der Waals surface area contributed by atoms with Crippen LogP contribution in [0, 0.1) is 0 Å². The van der Waals surface area contributed by atoms with E-state index < -0.39 is 0 Å². The molecule has 0 heterocycles. The predicted molar refractivity (Wildman–Crippen MR) is 71.8 cm³/mol. The van der Waals surface area contributed by atoms with Gasteiger partial charge in [-0.2, -0.15) is 0 Å². The molecule has 2 N–H and O–H groups in total. The third-order valence-corrected chi connectivity index (χ3v) is 2.83. The number of ether oxygens (including phenoxy) is 2. The van der Waals surface area contributed by atoms with E-state index in [1.165, 1.54) is 0 Å². The van der Waals surface area contributed by atoms with Gasteiger partial charge in [-0.05, 0) is 26.0 Å². The number of anilines is 2. The lowest BCUT2D eigenvalue weighted by Crippen LogP contribution is -2.36. The molecule has 0 aliphatic heterocycles. The Morgan fingerprint density at radius 3 is 2.59 bits per heavy atom. The second-order valence-electron chi connectivity index (χ2n) is 4.02. The van der Waals surface area contributed by atoms with Crippen molar-refractivity contribution in [2.45, 2.75) is 19.9 Å². The van der Waals surface area contributed by atoms with Gasteiger partial charge in [-0.15, -0.1) is 0 Å². The van der Waals surface area contributed by atoms with Gasteiger partial charge in [0.05, 0.1) is 25.1 Å². The van der Waals surface area contributed by atoms with Crippen LogP contribution < -0.4 is 15.4 Å². The quantitative estimate of drug-likeness (QED) is 0.771. The van der Waals surface area contributed by atoms with E-state index >= 15 is 0 Å². The minimum absolute atomic E-state index is 0.277. The van der Waals surface area contributed by atoms with Crippen molar-refractivity contribution in [2.24, 2.45) is 0 Å². The molecule has 1 aromatic rings. The Morgan fingerprint density at radius 2 is 2.06 bits per heavy atom. The van der Waals surface area contributed by atoms with Crippen LogP contribution in [-0.4, -0.2) is 33.4 Å². The maximum Gasteiger partial charge on any atom is 0.121 e. The molecule has 0 aromatic heterocycles. The SMILES string of the molecule is CCN(c1cc(OC)ccc1N)C(C)COC. The monoisotopic (exact) mass is 238 g/mol. The Kier molecular flexibility index (Phi) is 5.10. The van der Waals surface area contributed by atoms with E-state index in [0.717, 1.165) is 23.7 Å². The predicted octanol–water partition coefficient (Wildman–Crippen LogP) is 2.14. The van der Waals surface area contributed by atoms with Crippen LogP contribution in [0.1, 0.15) is 13.8 Å². The fourth-order valence-electron chi connectivity index (χ4n) is 1.95. The second-order valence-corrected chi connectivity index (χ2v) is 4.02. The highest BCUT2D eigenvalue weighted by atomic mass is 16.5. The van der Waals surface area contributed by atoms with Crippen LogP contribution in [0.25, 0.3) is 0 Å². The molecule has 0 spiro atoms. The van der Waals surface area contributed by atoms with Crippen molar-refractivity contribution >= 4 is 11.4 Å². The highest BCUT2D eigenvalue weighted by Crippen LogP contribution is 2.29. The maximum atomic E-state index is 6.02. The molecule has 1 atom stereocenters. The van der Waals surface area contributed by atoms with Gasteiger partial charge in [0.2, 0.25) is 0 Å². The summed E-state index contributed by atoms with van der Waals surface area (Å²) in [6.07, 6.45) is 0. The largest absolute Gasteiger partial charge is 0.497 e. The normalized spacial score (nSPS) is 12.2. The third kappa shape index (κ3) is 3.27. The Balaban J connectivity index is 3.01. The van der Waals surface area contributed by atoms with E-state index in [9.17, 15) is 0 Å². The van der Waals surface area contributed by atoms with Gasteiger partial charge in [0.25, 0.3) is 0 Å². The van der Waals surface area contributed by atoms with Crippen molar-refractivity contribution in [1.29, 1.82) is 0 Å². The molecule has 17 heavy (non-hydrogen) atoms. The summed E-state index contributed by atoms with van der Waals surface area (Å²) >= 11 is 0. The molecule has 0 radical (unpaired) electrons. The number of likely N-dealkylation sites (N-methyl/N-ethyl adjacent to an activating group) is 1. The molecule has 0 amide bonds. The zero-order valence-electron chi connectivity index (χ0n) is 11.1. The molecule has 96 valence electrons. The van der Waals surface area contributed by atoms with E-state index in [1.807, 2.05) is 18.2 Å². The van der Waals surface area contributed by atoms with Crippen LogP contribution in [0.5, 0.6) is 5.75 Å². The minimum Gasteiger partial charge on any atom is -0.497 e. The summed E-state index contributed by atoms with van der Waals surface area (Å²) in [5, 5.41) is 0. The standard InChI is InChI=1S/C13H22N2O2/c1-5-15(10(2)9-16-3)13-8-11(17-4)6-7-12(13)14/h6-8,10H,5,9,14H2,1-4H3. The zero-order chi connectivity index (χ0) is 12.8. The highest BCUT2D eigenvalue weighted by molar-refractivity contribution is 5.70. The average Bonchev–Trinajstić information content (AvgIpc) is 2.33. The minimum atomic E-state index is 0.277. The third-order valence-electron chi connectivity index (χ3n) is 2.83. The smallest absolute Gasteiger partial charge is 0.121 e. The van der Waals surface area contributed by atoms with E-state index in [4.69, 9.17) is 15.2 Å². The van der Waals surface area contributed by atoms with Gasteiger partial charge >= 0.3 is 0 Å². The first-order valence-electron chi connectivity index (χ1n) is 5.83. The van der Waals surface area contributed by atoms with E-state index in [2.05, 4.69) is 18.7 Å².